The lowest BCUT2D eigenvalue weighted by Gasteiger charge is -2.34. The van der Waals surface area contributed by atoms with E-state index in [1.807, 2.05) is 0 Å². The van der Waals surface area contributed by atoms with Crippen LogP contribution < -0.4 is 10.6 Å². The number of benzene rings is 1. The van der Waals surface area contributed by atoms with Crippen LogP contribution in [0.3, 0.4) is 0 Å². The number of rotatable bonds is 4. The second kappa shape index (κ2) is 8.73. The van der Waals surface area contributed by atoms with Gasteiger partial charge in [-0.15, -0.1) is 12.4 Å². The van der Waals surface area contributed by atoms with Gasteiger partial charge in [0.2, 0.25) is 5.91 Å². The Morgan fingerprint density at radius 1 is 1.15 bits per heavy atom. The van der Waals surface area contributed by atoms with Crippen molar-refractivity contribution in [3.8, 4) is 0 Å². The number of carbonyl (C=O) groups excluding carboxylic acids is 1. The molecule has 26 heavy (non-hydrogen) atoms. The third-order valence-corrected chi connectivity index (χ3v) is 6.12. The van der Waals surface area contributed by atoms with E-state index in [-0.39, 0.29) is 30.5 Å². The zero-order valence-corrected chi connectivity index (χ0v) is 16.4. The third kappa shape index (κ3) is 4.59. The van der Waals surface area contributed by atoms with E-state index >= 15 is 0 Å². The summed E-state index contributed by atoms with van der Waals surface area (Å²) >= 11 is 0. The summed E-state index contributed by atoms with van der Waals surface area (Å²) in [6.45, 7) is 2.87. The van der Waals surface area contributed by atoms with Crippen molar-refractivity contribution >= 4 is 18.3 Å². The van der Waals surface area contributed by atoms with Crippen molar-refractivity contribution in [1.29, 1.82) is 0 Å². The average Bonchev–Trinajstić information content (AvgIpc) is 2.95. The largest absolute Gasteiger partial charge is 0.371 e. The molecule has 5 heteroatoms. The lowest BCUT2D eigenvalue weighted by molar-refractivity contribution is -0.125. The Labute approximate surface area is 162 Å². The molecule has 4 unspecified atom stereocenters. The summed E-state index contributed by atoms with van der Waals surface area (Å²) in [7, 11) is 0. The normalized spacial score (nSPS) is 33.3. The average molecular weight is 379 g/mol. The van der Waals surface area contributed by atoms with Gasteiger partial charge in [0.15, 0.2) is 0 Å². The molecule has 2 bridgehead atoms. The fourth-order valence-corrected chi connectivity index (χ4v) is 4.88. The van der Waals surface area contributed by atoms with Gasteiger partial charge in [0, 0.05) is 25.1 Å². The van der Waals surface area contributed by atoms with E-state index in [0.29, 0.717) is 24.4 Å². The van der Waals surface area contributed by atoms with Gasteiger partial charge in [0.05, 0.1) is 6.04 Å². The maximum Gasteiger partial charge on any atom is 0.220 e. The van der Waals surface area contributed by atoms with Crippen molar-refractivity contribution in [2.24, 2.45) is 5.92 Å². The summed E-state index contributed by atoms with van der Waals surface area (Å²) < 4.78 is 6.03. The molecule has 144 valence electrons. The molecule has 4 rings (SSSR count). The predicted molar refractivity (Wildman–Crippen MR) is 106 cm³/mol. The maximum atomic E-state index is 12.7. The molecule has 4 atom stereocenters. The Morgan fingerprint density at radius 2 is 1.85 bits per heavy atom. The van der Waals surface area contributed by atoms with E-state index in [9.17, 15) is 4.79 Å². The van der Waals surface area contributed by atoms with Crippen LogP contribution >= 0.6 is 12.4 Å². The molecule has 0 saturated carbocycles. The number of ether oxygens (including phenoxy) is 1. The SMILES string of the molecule is Cc1ccc(C2OCCCC2NC(=O)CC2CC3CCC(C2)N3)cc1.Cl. The van der Waals surface area contributed by atoms with E-state index in [1.54, 1.807) is 0 Å². The molecule has 3 heterocycles. The number of nitrogens with one attached hydrogen (secondary N) is 2. The van der Waals surface area contributed by atoms with Gasteiger partial charge in [-0.2, -0.15) is 0 Å². The van der Waals surface area contributed by atoms with E-state index < -0.39 is 0 Å². The second-order valence-electron chi connectivity index (χ2n) is 8.20. The molecule has 0 radical (unpaired) electrons. The van der Waals surface area contributed by atoms with Crippen molar-refractivity contribution in [2.75, 3.05) is 6.61 Å². The molecule has 0 spiro atoms. The number of aryl methyl sites for hydroxylation is 1. The van der Waals surface area contributed by atoms with Crippen LogP contribution in [0.15, 0.2) is 24.3 Å². The minimum Gasteiger partial charge on any atom is -0.371 e. The zero-order valence-electron chi connectivity index (χ0n) is 15.6. The van der Waals surface area contributed by atoms with Crippen molar-refractivity contribution in [3.63, 3.8) is 0 Å². The van der Waals surface area contributed by atoms with Crippen molar-refractivity contribution in [2.45, 2.75) is 76.1 Å². The molecule has 1 aromatic carbocycles. The molecule has 1 amide bonds. The summed E-state index contributed by atoms with van der Waals surface area (Å²) in [6, 6.07) is 9.91. The van der Waals surface area contributed by atoms with Crippen LogP contribution in [0, 0.1) is 12.8 Å². The third-order valence-electron chi connectivity index (χ3n) is 6.12. The van der Waals surface area contributed by atoms with Crippen LogP contribution in [-0.4, -0.2) is 30.6 Å². The lowest BCUT2D eigenvalue weighted by atomic mass is 9.89. The highest BCUT2D eigenvalue weighted by Crippen LogP contribution is 2.33. The van der Waals surface area contributed by atoms with Gasteiger partial charge in [-0.25, -0.2) is 0 Å². The molecule has 2 N–H and O–H groups in total. The minimum absolute atomic E-state index is 0. The molecule has 3 fully saturated rings. The summed E-state index contributed by atoms with van der Waals surface area (Å²) in [4.78, 5) is 12.7. The van der Waals surface area contributed by atoms with Crippen molar-refractivity contribution in [1.82, 2.24) is 10.6 Å². The molecule has 3 saturated heterocycles. The first-order chi connectivity index (χ1) is 12.2. The highest BCUT2D eigenvalue weighted by atomic mass is 35.5. The van der Waals surface area contributed by atoms with Crippen LogP contribution in [0.5, 0.6) is 0 Å². The van der Waals surface area contributed by atoms with Crippen LogP contribution in [0.1, 0.15) is 62.2 Å². The van der Waals surface area contributed by atoms with Crippen LogP contribution in [0.25, 0.3) is 0 Å². The summed E-state index contributed by atoms with van der Waals surface area (Å²) in [5, 5.41) is 6.95. The Kier molecular flexibility index (Phi) is 6.60. The van der Waals surface area contributed by atoms with Crippen LogP contribution in [0.2, 0.25) is 0 Å². The number of amides is 1. The number of piperidine rings is 1. The second-order valence-corrected chi connectivity index (χ2v) is 8.20. The standard InChI is InChI=1S/C21H30N2O2.ClH/c1-14-4-6-16(7-5-14)21-19(3-2-10-25-21)23-20(24)13-15-11-17-8-9-18(12-15)22-17;/h4-7,15,17-19,21-22H,2-3,8-13H2,1H3,(H,23,24);1H. The molecule has 0 aliphatic carbocycles. The number of hydrogen-bond donors (Lipinski definition) is 2. The molecule has 3 aliphatic rings. The van der Waals surface area contributed by atoms with Crippen molar-refractivity contribution in [3.05, 3.63) is 35.4 Å². The maximum absolute atomic E-state index is 12.7. The molecule has 1 aromatic rings. The fourth-order valence-electron chi connectivity index (χ4n) is 4.88. The quantitative estimate of drug-likeness (QED) is 0.840. The van der Waals surface area contributed by atoms with Gasteiger partial charge in [0.25, 0.3) is 0 Å². The van der Waals surface area contributed by atoms with Crippen LogP contribution in [0.4, 0.5) is 0 Å². The monoisotopic (exact) mass is 378 g/mol. The zero-order chi connectivity index (χ0) is 17.2. The Bertz CT molecular complexity index is 595. The Morgan fingerprint density at radius 3 is 2.54 bits per heavy atom. The Hall–Kier alpha value is -1.10. The lowest BCUT2D eigenvalue weighted by Crippen LogP contribution is -2.44. The minimum atomic E-state index is -0.0116. The number of carbonyl (C=O) groups is 1. The molecular weight excluding hydrogens is 348 g/mol. The van der Waals surface area contributed by atoms with E-state index in [0.717, 1.165) is 32.3 Å². The molecule has 4 nitrogen and oxygen atoms in total. The van der Waals surface area contributed by atoms with Crippen molar-refractivity contribution < 1.29 is 9.53 Å². The first kappa shape index (κ1) is 19.7. The molecular formula is C21H31ClN2O2. The highest BCUT2D eigenvalue weighted by Gasteiger charge is 2.35. The van der Waals surface area contributed by atoms with Gasteiger partial charge in [-0.05, 0) is 56.9 Å². The fraction of sp³-hybridized carbons (Fsp3) is 0.667. The van der Waals surface area contributed by atoms with Gasteiger partial charge in [-0.1, -0.05) is 29.8 Å². The predicted octanol–water partition coefficient (Wildman–Crippen LogP) is 3.67. The van der Waals surface area contributed by atoms with Gasteiger partial charge in [-0.3, -0.25) is 4.79 Å². The topological polar surface area (TPSA) is 50.4 Å². The highest BCUT2D eigenvalue weighted by molar-refractivity contribution is 5.85. The molecule has 3 aliphatic heterocycles. The van der Waals surface area contributed by atoms with Gasteiger partial charge < -0.3 is 15.4 Å². The molecule has 0 aromatic heterocycles. The number of hydrogen-bond acceptors (Lipinski definition) is 3. The van der Waals surface area contributed by atoms with E-state index in [2.05, 4.69) is 41.8 Å². The van der Waals surface area contributed by atoms with Gasteiger partial charge >= 0.3 is 0 Å². The van der Waals surface area contributed by atoms with Gasteiger partial charge in [0.1, 0.15) is 6.10 Å². The van der Waals surface area contributed by atoms with E-state index in [1.165, 1.54) is 24.0 Å². The summed E-state index contributed by atoms with van der Waals surface area (Å²) in [5.41, 5.74) is 2.43. The smallest absolute Gasteiger partial charge is 0.220 e. The summed E-state index contributed by atoms with van der Waals surface area (Å²) in [6.07, 6.45) is 7.57. The first-order valence-electron chi connectivity index (χ1n) is 9.91. The number of halogens is 1. The van der Waals surface area contributed by atoms with E-state index in [4.69, 9.17) is 4.74 Å². The number of fused-ring (bicyclic) bond motifs is 2. The summed E-state index contributed by atoms with van der Waals surface area (Å²) in [5.74, 6) is 0.750. The van der Waals surface area contributed by atoms with Crippen LogP contribution in [-0.2, 0) is 9.53 Å². The first-order valence-corrected chi connectivity index (χ1v) is 9.91. The Balaban J connectivity index is 0.00000196.